The first-order valence-corrected chi connectivity index (χ1v) is 6.62. The number of hydrogen-bond donors (Lipinski definition) is 0. The van der Waals surface area contributed by atoms with Gasteiger partial charge in [-0.3, -0.25) is 4.79 Å². The van der Waals surface area contributed by atoms with E-state index in [2.05, 4.69) is 20.9 Å². The van der Waals surface area contributed by atoms with Crippen molar-refractivity contribution in [1.82, 2.24) is 4.98 Å². The van der Waals surface area contributed by atoms with Crippen molar-refractivity contribution in [3.63, 3.8) is 0 Å². The first kappa shape index (κ1) is 14.4. The van der Waals surface area contributed by atoms with Gasteiger partial charge in [-0.05, 0) is 22.9 Å². The molecule has 94 valence electrons. The molecule has 0 bridgehead atoms. The molecule has 3 nitrogen and oxygen atoms in total. The van der Waals surface area contributed by atoms with Crippen LogP contribution in [0.2, 0.25) is 0 Å². The molecule has 0 aliphatic carbocycles. The molecule has 0 spiro atoms. The van der Waals surface area contributed by atoms with E-state index in [0.717, 1.165) is 17.8 Å². The van der Waals surface area contributed by atoms with Crippen LogP contribution >= 0.6 is 27.7 Å². The molecule has 0 amide bonds. The maximum Gasteiger partial charge on any atom is 0.306 e. The highest BCUT2D eigenvalue weighted by atomic mass is 79.9. The molecule has 1 aromatic rings. The van der Waals surface area contributed by atoms with Crippen molar-refractivity contribution in [3.05, 3.63) is 22.3 Å². The Hall–Kier alpha value is -0.690. The van der Waals surface area contributed by atoms with Gasteiger partial charge < -0.3 is 4.74 Å². The zero-order valence-electron chi connectivity index (χ0n) is 9.00. The average Bonchev–Trinajstić information content (AvgIpc) is 2.26. The van der Waals surface area contributed by atoms with Crippen molar-refractivity contribution in [2.75, 3.05) is 12.4 Å². The Kier molecular flexibility index (Phi) is 5.84. The molecular weight excluding hydrogens is 316 g/mol. The fourth-order valence-electron chi connectivity index (χ4n) is 0.994. The van der Waals surface area contributed by atoms with Crippen molar-refractivity contribution < 1.29 is 18.3 Å². The third-order valence-electron chi connectivity index (χ3n) is 1.70. The minimum atomic E-state index is -0.753. The molecule has 0 aliphatic heterocycles. The Morgan fingerprint density at radius 1 is 1.53 bits per heavy atom. The lowest BCUT2D eigenvalue weighted by atomic mass is 10.5. The molecule has 7 heteroatoms. The number of ether oxygens (including phenoxy) is 1. The Morgan fingerprint density at radius 2 is 2.24 bits per heavy atom. The molecular formula is C10H10BrF2NO2S. The molecule has 0 aliphatic rings. The normalized spacial score (nSPS) is 10.4. The lowest BCUT2D eigenvalue weighted by Gasteiger charge is -2.04. The lowest BCUT2D eigenvalue weighted by Crippen LogP contribution is -2.05. The van der Waals surface area contributed by atoms with Crippen molar-refractivity contribution >= 4 is 33.7 Å². The van der Waals surface area contributed by atoms with Gasteiger partial charge in [0.15, 0.2) is 11.6 Å². The van der Waals surface area contributed by atoms with Gasteiger partial charge in [0.25, 0.3) is 0 Å². The number of hydrogen-bond acceptors (Lipinski definition) is 4. The number of nitrogens with zero attached hydrogens (tertiary/aromatic N) is 1. The van der Waals surface area contributed by atoms with Crippen LogP contribution in [-0.4, -0.2) is 23.3 Å². The quantitative estimate of drug-likeness (QED) is 0.473. The summed E-state index contributed by atoms with van der Waals surface area (Å²) in [7, 11) is 0. The summed E-state index contributed by atoms with van der Waals surface area (Å²) in [4.78, 5) is 14.7. The molecule has 0 unspecified atom stereocenters. The van der Waals surface area contributed by atoms with E-state index in [9.17, 15) is 13.6 Å². The number of aromatic nitrogens is 1. The predicted molar refractivity (Wildman–Crippen MR) is 63.8 cm³/mol. The molecule has 0 fully saturated rings. The summed E-state index contributed by atoms with van der Waals surface area (Å²) in [6.07, 6.45) is 0.161. The first-order chi connectivity index (χ1) is 8.04. The second-order valence-electron chi connectivity index (χ2n) is 2.95. The zero-order chi connectivity index (χ0) is 12.8. The lowest BCUT2D eigenvalue weighted by molar-refractivity contribution is -0.142. The molecule has 1 heterocycles. The number of thioether (sulfide) groups is 1. The van der Waals surface area contributed by atoms with Crippen molar-refractivity contribution in [1.29, 1.82) is 0 Å². The number of esters is 1. The van der Waals surface area contributed by atoms with Gasteiger partial charge >= 0.3 is 5.97 Å². The maximum absolute atomic E-state index is 13.2. The Labute approximate surface area is 110 Å². The SMILES string of the molecule is CCOC(=O)CCSc1nc(Br)c(F)cc1F. The highest BCUT2D eigenvalue weighted by Crippen LogP contribution is 2.24. The first-order valence-electron chi connectivity index (χ1n) is 4.84. The van der Waals surface area contributed by atoms with E-state index in [4.69, 9.17) is 4.74 Å². The minimum Gasteiger partial charge on any atom is -0.466 e. The summed E-state index contributed by atoms with van der Waals surface area (Å²) in [5, 5.41) is 0.0579. The molecule has 0 saturated carbocycles. The number of rotatable bonds is 5. The molecule has 0 radical (unpaired) electrons. The van der Waals surface area contributed by atoms with E-state index >= 15 is 0 Å². The summed E-state index contributed by atoms with van der Waals surface area (Å²) >= 11 is 3.91. The van der Waals surface area contributed by atoms with Gasteiger partial charge in [-0.15, -0.1) is 11.8 Å². The fourth-order valence-corrected chi connectivity index (χ4v) is 2.22. The third-order valence-corrected chi connectivity index (χ3v) is 3.23. The van der Waals surface area contributed by atoms with Gasteiger partial charge in [0, 0.05) is 11.8 Å². The van der Waals surface area contributed by atoms with E-state index in [1.165, 1.54) is 0 Å². The van der Waals surface area contributed by atoms with Crippen molar-refractivity contribution in [3.8, 4) is 0 Å². The topological polar surface area (TPSA) is 39.2 Å². The number of carbonyl (C=O) groups is 1. The van der Waals surface area contributed by atoms with E-state index in [0.29, 0.717) is 12.4 Å². The van der Waals surface area contributed by atoms with Crippen LogP contribution < -0.4 is 0 Å². The van der Waals surface area contributed by atoms with Crippen LogP contribution in [0.3, 0.4) is 0 Å². The van der Waals surface area contributed by atoms with Crippen LogP contribution in [0, 0.1) is 11.6 Å². The third kappa shape index (κ3) is 4.59. The smallest absolute Gasteiger partial charge is 0.306 e. The van der Waals surface area contributed by atoms with Crippen LogP contribution in [0.25, 0.3) is 0 Å². The summed E-state index contributed by atoms with van der Waals surface area (Å²) in [6.45, 7) is 2.03. The zero-order valence-corrected chi connectivity index (χ0v) is 11.4. The molecule has 1 aromatic heterocycles. The largest absolute Gasteiger partial charge is 0.466 e. The van der Waals surface area contributed by atoms with Gasteiger partial charge in [0.05, 0.1) is 13.0 Å². The molecule has 0 saturated heterocycles. The highest BCUT2D eigenvalue weighted by molar-refractivity contribution is 9.10. The van der Waals surface area contributed by atoms with Crippen LogP contribution in [0.1, 0.15) is 13.3 Å². The van der Waals surface area contributed by atoms with Crippen LogP contribution in [0.15, 0.2) is 15.7 Å². The van der Waals surface area contributed by atoms with Gasteiger partial charge in [-0.2, -0.15) is 0 Å². The number of halogens is 3. The Balaban J connectivity index is 2.52. The second kappa shape index (κ2) is 6.90. The van der Waals surface area contributed by atoms with Crippen LogP contribution in [-0.2, 0) is 9.53 Å². The van der Waals surface area contributed by atoms with E-state index in [-0.39, 0.29) is 22.0 Å². The van der Waals surface area contributed by atoms with Gasteiger partial charge in [-0.1, -0.05) is 0 Å². The molecule has 17 heavy (non-hydrogen) atoms. The monoisotopic (exact) mass is 325 g/mol. The summed E-state index contributed by atoms with van der Waals surface area (Å²) < 4.78 is 30.8. The van der Waals surface area contributed by atoms with Crippen molar-refractivity contribution in [2.45, 2.75) is 18.4 Å². The molecule has 1 rings (SSSR count). The van der Waals surface area contributed by atoms with E-state index in [1.54, 1.807) is 6.92 Å². The van der Waals surface area contributed by atoms with E-state index < -0.39 is 11.6 Å². The standard InChI is InChI=1S/C10H10BrF2NO2S/c1-2-16-8(15)3-4-17-10-7(13)5-6(12)9(11)14-10/h5H,2-4H2,1H3. The van der Waals surface area contributed by atoms with Gasteiger partial charge in [-0.25, -0.2) is 13.8 Å². The minimum absolute atomic E-state index is 0.0439. The van der Waals surface area contributed by atoms with Gasteiger partial charge in [0.2, 0.25) is 0 Å². The van der Waals surface area contributed by atoms with E-state index in [1.807, 2.05) is 0 Å². The summed E-state index contributed by atoms with van der Waals surface area (Å²) in [5.41, 5.74) is 0. The highest BCUT2D eigenvalue weighted by Gasteiger charge is 2.11. The summed E-state index contributed by atoms with van der Waals surface area (Å²) in [6, 6.07) is 0.754. The number of pyridine rings is 1. The molecule has 0 aromatic carbocycles. The molecule has 0 N–H and O–H groups in total. The summed E-state index contributed by atoms with van der Waals surface area (Å²) in [5.74, 6) is -1.50. The fraction of sp³-hybridized carbons (Fsp3) is 0.400. The second-order valence-corrected chi connectivity index (χ2v) is 4.79. The Morgan fingerprint density at radius 3 is 2.88 bits per heavy atom. The van der Waals surface area contributed by atoms with Crippen LogP contribution in [0.5, 0.6) is 0 Å². The van der Waals surface area contributed by atoms with Gasteiger partial charge in [0.1, 0.15) is 9.63 Å². The van der Waals surface area contributed by atoms with Crippen LogP contribution in [0.4, 0.5) is 8.78 Å². The average molecular weight is 326 g/mol. The number of carbonyl (C=O) groups excluding carboxylic acids is 1. The maximum atomic E-state index is 13.2. The van der Waals surface area contributed by atoms with Crippen molar-refractivity contribution in [2.24, 2.45) is 0 Å². The molecule has 0 atom stereocenters. The Bertz CT molecular complexity index is 418. The predicted octanol–water partition coefficient (Wildman–Crippen LogP) is 3.17.